The number of nitrogens with one attached hydrogen (secondary N) is 1. The van der Waals surface area contributed by atoms with Gasteiger partial charge in [-0.2, -0.15) is 0 Å². The van der Waals surface area contributed by atoms with Gasteiger partial charge in [0, 0.05) is 23.8 Å². The van der Waals surface area contributed by atoms with Crippen molar-refractivity contribution in [3.8, 4) is 0 Å². The third kappa shape index (κ3) is 5.32. The molecule has 3 aromatic rings. The second-order valence-electron chi connectivity index (χ2n) is 6.04. The molecular formula is C22H21ClN2S. The number of benzene rings is 3. The van der Waals surface area contributed by atoms with E-state index in [4.69, 9.17) is 23.8 Å². The van der Waals surface area contributed by atoms with Gasteiger partial charge in [-0.1, -0.05) is 78.3 Å². The summed E-state index contributed by atoms with van der Waals surface area (Å²) in [5, 5.41) is 4.85. The van der Waals surface area contributed by atoms with Crippen LogP contribution in [0.3, 0.4) is 0 Å². The lowest BCUT2D eigenvalue weighted by molar-refractivity contribution is 0.423. The van der Waals surface area contributed by atoms with E-state index in [0.717, 1.165) is 35.8 Å². The Kier molecular flexibility index (Phi) is 6.64. The highest BCUT2D eigenvalue weighted by Crippen LogP contribution is 2.17. The lowest BCUT2D eigenvalue weighted by Gasteiger charge is -2.26. The first-order valence-electron chi connectivity index (χ1n) is 8.60. The maximum Gasteiger partial charge on any atom is 0.173 e. The first-order chi connectivity index (χ1) is 12.7. The van der Waals surface area contributed by atoms with Crippen molar-refractivity contribution in [1.82, 2.24) is 4.90 Å². The zero-order valence-corrected chi connectivity index (χ0v) is 16.0. The minimum Gasteiger partial charge on any atom is -0.344 e. The number of hydrogen-bond donors (Lipinski definition) is 1. The fraction of sp³-hybridized carbons (Fsp3) is 0.136. The van der Waals surface area contributed by atoms with Crippen LogP contribution in [0.2, 0.25) is 5.02 Å². The maximum absolute atomic E-state index is 6.31. The summed E-state index contributed by atoms with van der Waals surface area (Å²) in [5.74, 6) is 0. The van der Waals surface area contributed by atoms with Crippen molar-refractivity contribution in [3.63, 3.8) is 0 Å². The first-order valence-corrected chi connectivity index (χ1v) is 9.39. The average Bonchev–Trinajstić information content (AvgIpc) is 2.68. The number of para-hydroxylation sites is 1. The van der Waals surface area contributed by atoms with E-state index in [2.05, 4.69) is 40.5 Å². The minimum absolute atomic E-state index is 0.715. The van der Waals surface area contributed by atoms with Gasteiger partial charge in [-0.05, 0) is 48.0 Å². The van der Waals surface area contributed by atoms with Gasteiger partial charge in [0.05, 0.1) is 0 Å². The van der Waals surface area contributed by atoms with Crippen molar-refractivity contribution in [2.45, 2.75) is 13.0 Å². The van der Waals surface area contributed by atoms with Crippen LogP contribution in [0.25, 0.3) is 0 Å². The molecule has 0 atom stereocenters. The number of anilines is 1. The fourth-order valence-corrected chi connectivity index (χ4v) is 3.24. The second-order valence-corrected chi connectivity index (χ2v) is 6.84. The number of halogens is 1. The molecule has 1 N–H and O–H groups in total. The van der Waals surface area contributed by atoms with Crippen LogP contribution in [0.1, 0.15) is 11.1 Å². The Labute approximate surface area is 165 Å². The third-order valence-corrected chi connectivity index (χ3v) is 4.87. The average molecular weight is 381 g/mol. The molecule has 2 nitrogen and oxygen atoms in total. The SMILES string of the molecule is S=C(Nc1ccccc1)N(CCc1ccccc1Cl)Cc1ccccc1. The molecule has 0 saturated heterocycles. The van der Waals surface area contributed by atoms with E-state index >= 15 is 0 Å². The van der Waals surface area contributed by atoms with Crippen LogP contribution in [0.5, 0.6) is 0 Å². The number of hydrogen-bond acceptors (Lipinski definition) is 1. The van der Waals surface area contributed by atoms with Gasteiger partial charge in [0.1, 0.15) is 0 Å². The second kappa shape index (κ2) is 9.37. The molecule has 0 unspecified atom stereocenters. The molecule has 3 aromatic carbocycles. The van der Waals surface area contributed by atoms with Gasteiger partial charge in [0.15, 0.2) is 5.11 Å². The maximum atomic E-state index is 6.31. The predicted molar refractivity (Wildman–Crippen MR) is 115 cm³/mol. The molecule has 3 rings (SSSR count). The Balaban J connectivity index is 1.72. The van der Waals surface area contributed by atoms with E-state index in [0.29, 0.717) is 5.11 Å². The van der Waals surface area contributed by atoms with E-state index in [9.17, 15) is 0 Å². The number of nitrogens with zero attached hydrogens (tertiary/aromatic N) is 1. The topological polar surface area (TPSA) is 15.3 Å². The highest BCUT2D eigenvalue weighted by molar-refractivity contribution is 7.80. The standard InChI is InChI=1S/C22H21ClN2S/c23-21-14-8-7-11-19(21)15-16-25(17-18-9-3-1-4-10-18)22(26)24-20-12-5-2-6-13-20/h1-14H,15-17H2,(H,24,26). The molecule has 0 aliphatic carbocycles. The molecule has 0 heterocycles. The van der Waals surface area contributed by atoms with E-state index in [1.807, 2.05) is 54.6 Å². The summed E-state index contributed by atoms with van der Waals surface area (Å²) in [6, 6.07) is 28.3. The van der Waals surface area contributed by atoms with Gasteiger partial charge >= 0.3 is 0 Å². The molecule has 0 radical (unpaired) electrons. The Morgan fingerprint density at radius 2 is 1.46 bits per heavy atom. The molecule has 0 bridgehead atoms. The van der Waals surface area contributed by atoms with Crippen molar-refractivity contribution in [3.05, 3.63) is 101 Å². The monoisotopic (exact) mass is 380 g/mol. The number of thiocarbonyl (C=S) groups is 1. The lowest BCUT2D eigenvalue weighted by Crippen LogP contribution is -2.35. The third-order valence-electron chi connectivity index (χ3n) is 4.14. The molecule has 132 valence electrons. The largest absolute Gasteiger partial charge is 0.344 e. The zero-order valence-electron chi connectivity index (χ0n) is 14.4. The Bertz CT molecular complexity index is 837. The molecule has 4 heteroatoms. The molecule has 0 fully saturated rings. The summed E-state index contributed by atoms with van der Waals surface area (Å²) in [6.07, 6.45) is 0.836. The smallest absolute Gasteiger partial charge is 0.173 e. The zero-order chi connectivity index (χ0) is 18.2. The van der Waals surface area contributed by atoms with Crippen molar-refractivity contribution in [1.29, 1.82) is 0 Å². The molecule has 0 saturated carbocycles. The minimum atomic E-state index is 0.715. The fourth-order valence-electron chi connectivity index (χ4n) is 2.74. The number of rotatable bonds is 6. The van der Waals surface area contributed by atoms with Crippen LogP contribution in [0, 0.1) is 0 Å². The summed E-state index contributed by atoms with van der Waals surface area (Å²) < 4.78 is 0. The summed E-state index contributed by atoms with van der Waals surface area (Å²) in [5.41, 5.74) is 3.35. The van der Waals surface area contributed by atoms with Crippen LogP contribution >= 0.6 is 23.8 Å². The van der Waals surface area contributed by atoms with Crippen LogP contribution in [0.15, 0.2) is 84.9 Å². The Morgan fingerprint density at radius 1 is 0.846 bits per heavy atom. The van der Waals surface area contributed by atoms with Gasteiger partial charge in [-0.25, -0.2) is 0 Å². The molecule has 0 amide bonds. The predicted octanol–water partition coefficient (Wildman–Crippen LogP) is 5.78. The van der Waals surface area contributed by atoms with Crippen molar-refractivity contribution in [2.75, 3.05) is 11.9 Å². The highest BCUT2D eigenvalue weighted by atomic mass is 35.5. The van der Waals surface area contributed by atoms with Crippen molar-refractivity contribution >= 4 is 34.6 Å². The van der Waals surface area contributed by atoms with Gasteiger partial charge < -0.3 is 10.2 Å². The molecule has 0 spiro atoms. The molecular weight excluding hydrogens is 360 g/mol. The Morgan fingerprint density at radius 3 is 2.15 bits per heavy atom. The summed E-state index contributed by atoms with van der Waals surface area (Å²) in [4.78, 5) is 2.18. The van der Waals surface area contributed by atoms with Crippen molar-refractivity contribution < 1.29 is 0 Å². The molecule has 0 aliphatic heterocycles. The van der Waals surface area contributed by atoms with E-state index in [1.165, 1.54) is 5.56 Å². The van der Waals surface area contributed by atoms with Gasteiger partial charge in [-0.15, -0.1) is 0 Å². The van der Waals surface area contributed by atoms with E-state index < -0.39 is 0 Å². The van der Waals surface area contributed by atoms with Gasteiger partial charge in [0.2, 0.25) is 0 Å². The normalized spacial score (nSPS) is 10.3. The van der Waals surface area contributed by atoms with Crippen molar-refractivity contribution in [2.24, 2.45) is 0 Å². The summed E-state index contributed by atoms with van der Waals surface area (Å²) in [7, 11) is 0. The van der Waals surface area contributed by atoms with Crippen LogP contribution in [-0.2, 0) is 13.0 Å². The highest BCUT2D eigenvalue weighted by Gasteiger charge is 2.12. The lowest BCUT2D eigenvalue weighted by atomic mass is 10.1. The molecule has 0 aliphatic rings. The molecule has 26 heavy (non-hydrogen) atoms. The van der Waals surface area contributed by atoms with Gasteiger partial charge in [0.25, 0.3) is 0 Å². The van der Waals surface area contributed by atoms with E-state index in [1.54, 1.807) is 0 Å². The first kappa shape index (κ1) is 18.4. The van der Waals surface area contributed by atoms with Crippen LogP contribution in [-0.4, -0.2) is 16.6 Å². The summed E-state index contributed by atoms with van der Waals surface area (Å²) >= 11 is 12.0. The Hall–Kier alpha value is -2.36. The van der Waals surface area contributed by atoms with Crippen LogP contribution < -0.4 is 5.32 Å². The van der Waals surface area contributed by atoms with E-state index in [-0.39, 0.29) is 0 Å². The summed E-state index contributed by atoms with van der Waals surface area (Å²) in [6.45, 7) is 1.54. The van der Waals surface area contributed by atoms with Crippen LogP contribution in [0.4, 0.5) is 5.69 Å². The molecule has 0 aromatic heterocycles. The van der Waals surface area contributed by atoms with Gasteiger partial charge in [-0.3, -0.25) is 0 Å². The quantitative estimate of drug-likeness (QED) is 0.545.